The van der Waals surface area contributed by atoms with Crippen molar-refractivity contribution in [1.82, 2.24) is 4.90 Å². The molecule has 24 heavy (non-hydrogen) atoms. The molecule has 0 aromatic rings. The predicted octanol–water partition coefficient (Wildman–Crippen LogP) is 1.11. The van der Waals surface area contributed by atoms with Crippen molar-refractivity contribution in [2.75, 3.05) is 39.5 Å². The van der Waals surface area contributed by atoms with Crippen molar-refractivity contribution in [3.63, 3.8) is 0 Å². The number of hydrogen-bond donors (Lipinski definition) is 2. The topological polar surface area (TPSA) is 96.3 Å². The number of nitrogens with zero attached hydrogens (tertiary/aromatic N) is 1. The number of hydrogen-bond acceptors (Lipinski definition) is 7. The summed E-state index contributed by atoms with van der Waals surface area (Å²) in [5.74, 6) is 0. The van der Waals surface area contributed by atoms with Crippen LogP contribution in [0.1, 0.15) is 51.4 Å². The van der Waals surface area contributed by atoms with Gasteiger partial charge in [-0.3, -0.25) is 9.59 Å². The number of aliphatic hydroxyl groups excluding tert-OH is 2. The van der Waals surface area contributed by atoms with Gasteiger partial charge in [-0.15, -0.1) is 0 Å². The molecule has 142 valence electrons. The highest BCUT2D eigenvalue weighted by atomic mass is 16.5. The summed E-state index contributed by atoms with van der Waals surface area (Å²) in [7, 11) is 0. The Morgan fingerprint density at radius 3 is 2.04 bits per heavy atom. The molecule has 0 radical (unpaired) electrons. The Morgan fingerprint density at radius 2 is 1.42 bits per heavy atom. The van der Waals surface area contributed by atoms with Gasteiger partial charge in [-0.25, -0.2) is 0 Å². The smallest absolute Gasteiger partial charge is 0.293 e. The van der Waals surface area contributed by atoms with Crippen LogP contribution in [0.25, 0.3) is 0 Å². The van der Waals surface area contributed by atoms with Crippen LogP contribution in [-0.4, -0.2) is 73.6 Å². The minimum Gasteiger partial charge on any atom is -0.468 e. The van der Waals surface area contributed by atoms with Crippen molar-refractivity contribution >= 4 is 12.9 Å². The van der Waals surface area contributed by atoms with Gasteiger partial charge < -0.3 is 24.6 Å². The largest absolute Gasteiger partial charge is 0.468 e. The predicted molar refractivity (Wildman–Crippen MR) is 90.5 cm³/mol. The molecule has 0 bridgehead atoms. The Labute approximate surface area is 144 Å². The van der Waals surface area contributed by atoms with Crippen LogP contribution in [0.4, 0.5) is 0 Å². The van der Waals surface area contributed by atoms with Gasteiger partial charge in [0.15, 0.2) is 0 Å². The van der Waals surface area contributed by atoms with Crippen LogP contribution in [0.3, 0.4) is 0 Å². The summed E-state index contributed by atoms with van der Waals surface area (Å²) in [4.78, 5) is 22.2. The lowest BCUT2D eigenvalue weighted by atomic mass is 10.1. The molecule has 0 aliphatic carbocycles. The van der Waals surface area contributed by atoms with Gasteiger partial charge in [-0.1, -0.05) is 12.8 Å². The molecule has 0 aromatic carbocycles. The summed E-state index contributed by atoms with van der Waals surface area (Å²) in [5.41, 5.74) is 0. The van der Waals surface area contributed by atoms with Gasteiger partial charge >= 0.3 is 0 Å². The molecule has 0 amide bonds. The van der Waals surface area contributed by atoms with E-state index in [1.165, 1.54) is 0 Å². The van der Waals surface area contributed by atoms with Gasteiger partial charge in [-0.05, 0) is 45.1 Å². The fraction of sp³-hybridized carbons (Fsp3) is 0.882. The van der Waals surface area contributed by atoms with Crippen LogP contribution in [0, 0.1) is 0 Å². The van der Waals surface area contributed by atoms with Gasteiger partial charge in [0.25, 0.3) is 12.9 Å². The number of carbonyl (C=O) groups is 2. The van der Waals surface area contributed by atoms with Crippen molar-refractivity contribution in [1.29, 1.82) is 0 Å². The molecule has 0 rings (SSSR count). The molecule has 0 spiro atoms. The van der Waals surface area contributed by atoms with Gasteiger partial charge in [0.2, 0.25) is 0 Å². The summed E-state index contributed by atoms with van der Waals surface area (Å²) < 4.78 is 9.27. The highest BCUT2D eigenvalue weighted by Gasteiger charge is 2.11. The van der Waals surface area contributed by atoms with E-state index in [9.17, 15) is 14.7 Å². The van der Waals surface area contributed by atoms with Gasteiger partial charge in [0, 0.05) is 19.7 Å². The summed E-state index contributed by atoms with van der Waals surface area (Å²) in [6.45, 7) is 4.21. The average molecular weight is 347 g/mol. The van der Waals surface area contributed by atoms with Crippen LogP contribution in [0.2, 0.25) is 0 Å². The molecule has 0 saturated carbocycles. The minimum atomic E-state index is -0.402. The summed E-state index contributed by atoms with van der Waals surface area (Å²) in [6, 6.07) is 0. The van der Waals surface area contributed by atoms with E-state index in [0.29, 0.717) is 45.5 Å². The molecule has 1 unspecified atom stereocenters. The highest BCUT2D eigenvalue weighted by Crippen LogP contribution is 2.07. The highest BCUT2D eigenvalue weighted by molar-refractivity contribution is 5.36. The second-order valence-electron chi connectivity index (χ2n) is 5.88. The average Bonchev–Trinajstić information content (AvgIpc) is 2.58. The van der Waals surface area contributed by atoms with Crippen molar-refractivity contribution in [3.8, 4) is 0 Å². The van der Waals surface area contributed by atoms with E-state index in [0.717, 1.165) is 51.6 Å². The zero-order valence-electron chi connectivity index (χ0n) is 14.6. The summed E-state index contributed by atoms with van der Waals surface area (Å²) in [6.07, 6.45) is 6.52. The van der Waals surface area contributed by atoms with Gasteiger partial charge in [-0.2, -0.15) is 0 Å². The number of ether oxygens (including phenoxy) is 2. The van der Waals surface area contributed by atoms with Crippen LogP contribution < -0.4 is 0 Å². The molecule has 0 aromatic heterocycles. The summed E-state index contributed by atoms with van der Waals surface area (Å²) >= 11 is 0. The maximum absolute atomic E-state index is 10.1. The first kappa shape index (κ1) is 22.8. The maximum Gasteiger partial charge on any atom is 0.293 e. The monoisotopic (exact) mass is 347 g/mol. The van der Waals surface area contributed by atoms with E-state index < -0.39 is 6.10 Å². The van der Waals surface area contributed by atoms with Gasteiger partial charge in [0.05, 0.1) is 19.3 Å². The Morgan fingerprint density at radius 1 is 0.833 bits per heavy atom. The number of aliphatic hydroxyl groups is 2. The number of rotatable bonds is 19. The standard InChI is InChI=1S/C17H33NO6/c19-11-7-10-18(9-4-1-2-5-12-23-15-20)14-17(22)8-3-6-13-24-16-21/h15-17,19,22H,1-14H2. The maximum atomic E-state index is 10.1. The number of carbonyl (C=O) groups excluding carboxylic acids is 2. The molecule has 0 saturated heterocycles. The number of unbranched alkanes of at least 4 members (excludes halogenated alkanes) is 4. The third-order valence-corrected chi connectivity index (χ3v) is 3.77. The van der Waals surface area contributed by atoms with Crippen molar-refractivity contribution < 1.29 is 29.3 Å². The zero-order chi connectivity index (χ0) is 17.9. The van der Waals surface area contributed by atoms with Crippen molar-refractivity contribution in [3.05, 3.63) is 0 Å². The van der Waals surface area contributed by atoms with Gasteiger partial charge in [0.1, 0.15) is 0 Å². The molecule has 1 atom stereocenters. The van der Waals surface area contributed by atoms with E-state index in [-0.39, 0.29) is 6.61 Å². The Bertz CT molecular complexity index is 290. The van der Waals surface area contributed by atoms with Crippen molar-refractivity contribution in [2.45, 2.75) is 57.5 Å². The molecule has 0 fully saturated rings. The molecule has 7 heteroatoms. The van der Waals surface area contributed by atoms with Crippen LogP contribution in [0.15, 0.2) is 0 Å². The molecule has 0 aliphatic rings. The van der Waals surface area contributed by atoms with E-state index in [1.807, 2.05) is 0 Å². The second-order valence-corrected chi connectivity index (χ2v) is 5.88. The third-order valence-electron chi connectivity index (χ3n) is 3.77. The molecule has 2 N–H and O–H groups in total. The lowest BCUT2D eigenvalue weighted by Crippen LogP contribution is -2.34. The Kier molecular flexibility index (Phi) is 17.3. The van der Waals surface area contributed by atoms with Crippen LogP contribution >= 0.6 is 0 Å². The van der Waals surface area contributed by atoms with E-state index >= 15 is 0 Å². The molecular formula is C17H33NO6. The minimum absolute atomic E-state index is 0.151. The lowest BCUT2D eigenvalue weighted by molar-refractivity contribution is -0.129. The fourth-order valence-electron chi connectivity index (χ4n) is 2.51. The summed E-state index contributed by atoms with van der Waals surface area (Å²) in [5, 5.41) is 19.1. The normalized spacial score (nSPS) is 12.1. The SMILES string of the molecule is O=COCCCCCCN(CCCO)CC(O)CCCCOC=O. The quantitative estimate of drug-likeness (QED) is 0.267. The molecular weight excluding hydrogens is 314 g/mol. The van der Waals surface area contributed by atoms with Crippen LogP contribution in [0.5, 0.6) is 0 Å². The van der Waals surface area contributed by atoms with E-state index in [4.69, 9.17) is 5.11 Å². The molecule has 7 nitrogen and oxygen atoms in total. The lowest BCUT2D eigenvalue weighted by Gasteiger charge is -2.25. The van der Waals surface area contributed by atoms with Crippen LogP contribution in [-0.2, 0) is 19.1 Å². The molecule has 0 aliphatic heterocycles. The first-order valence-electron chi connectivity index (χ1n) is 8.86. The Balaban J connectivity index is 3.81. The van der Waals surface area contributed by atoms with E-state index in [1.54, 1.807) is 0 Å². The van der Waals surface area contributed by atoms with E-state index in [2.05, 4.69) is 14.4 Å². The first-order valence-corrected chi connectivity index (χ1v) is 8.86. The molecule has 0 heterocycles. The third kappa shape index (κ3) is 15.7. The zero-order valence-corrected chi connectivity index (χ0v) is 14.6. The first-order chi connectivity index (χ1) is 11.7. The second kappa shape index (κ2) is 18.2. The Hall–Kier alpha value is -1.18. The fourth-order valence-corrected chi connectivity index (χ4v) is 2.51. The van der Waals surface area contributed by atoms with Crippen molar-refractivity contribution in [2.24, 2.45) is 0 Å².